The Morgan fingerprint density at radius 2 is 2.16 bits per heavy atom. The van der Waals surface area contributed by atoms with Gasteiger partial charge in [-0.3, -0.25) is 4.79 Å². The van der Waals surface area contributed by atoms with Gasteiger partial charge in [0.1, 0.15) is 0 Å². The van der Waals surface area contributed by atoms with E-state index in [4.69, 9.17) is 4.74 Å². The van der Waals surface area contributed by atoms with E-state index in [1.54, 1.807) is 12.0 Å². The average molecular weight is 263 g/mol. The van der Waals surface area contributed by atoms with E-state index in [0.29, 0.717) is 25.3 Å². The molecule has 0 aliphatic carbocycles. The molecule has 1 aromatic carbocycles. The summed E-state index contributed by atoms with van der Waals surface area (Å²) in [4.78, 5) is 13.9. The topological polar surface area (TPSA) is 70.0 Å². The van der Waals surface area contributed by atoms with Crippen LogP contribution < -0.4 is 0 Å². The van der Waals surface area contributed by atoms with E-state index in [1.165, 1.54) is 23.8 Å². The van der Waals surface area contributed by atoms with Gasteiger partial charge in [0.05, 0.1) is 6.61 Å². The zero-order valence-corrected chi connectivity index (χ0v) is 10.8. The molecule has 1 amide bonds. The number of ether oxygens (including phenoxy) is 1. The van der Waals surface area contributed by atoms with Crippen LogP contribution in [0.3, 0.4) is 0 Å². The molecule has 2 rings (SSSR count). The molecule has 2 N–H and O–H groups in total. The molecule has 1 heterocycles. The summed E-state index contributed by atoms with van der Waals surface area (Å²) >= 11 is 0. The largest absolute Gasteiger partial charge is 0.504 e. The Morgan fingerprint density at radius 3 is 2.74 bits per heavy atom. The lowest BCUT2D eigenvalue weighted by Crippen LogP contribution is -2.35. The number of methoxy groups -OCH3 is 1. The summed E-state index contributed by atoms with van der Waals surface area (Å²) in [5.74, 6) is -0.654. The van der Waals surface area contributed by atoms with Crippen molar-refractivity contribution in [3.63, 3.8) is 0 Å². The fraction of sp³-hybridized carbons (Fsp3) is 0.357. The maximum Gasteiger partial charge on any atom is 0.254 e. The van der Waals surface area contributed by atoms with Gasteiger partial charge in [0.25, 0.3) is 5.91 Å². The minimum atomic E-state index is -0.279. The van der Waals surface area contributed by atoms with Crippen LogP contribution in [0.4, 0.5) is 0 Å². The number of phenols is 2. The molecule has 19 heavy (non-hydrogen) atoms. The fourth-order valence-corrected chi connectivity index (χ4v) is 2.05. The molecule has 0 saturated heterocycles. The molecule has 0 bridgehead atoms. The van der Waals surface area contributed by atoms with Crippen molar-refractivity contribution in [2.45, 2.75) is 6.42 Å². The summed E-state index contributed by atoms with van der Waals surface area (Å²) in [5, 5.41) is 18.6. The van der Waals surface area contributed by atoms with Crippen LogP contribution in [0.15, 0.2) is 29.8 Å². The van der Waals surface area contributed by atoms with E-state index in [1.807, 2.05) is 6.08 Å². The van der Waals surface area contributed by atoms with Gasteiger partial charge in [-0.2, -0.15) is 0 Å². The lowest BCUT2D eigenvalue weighted by Gasteiger charge is -2.26. The molecule has 102 valence electrons. The minimum Gasteiger partial charge on any atom is -0.504 e. The van der Waals surface area contributed by atoms with Crippen molar-refractivity contribution in [1.82, 2.24) is 4.90 Å². The van der Waals surface area contributed by atoms with Gasteiger partial charge >= 0.3 is 0 Å². The SMILES string of the molecule is COCC1=CCN(C(=O)c2ccc(O)c(O)c2)CC1. The third-order valence-corrected chi connectivity index (χ3v) is 3.14. The fourth-order valence-electron chi connectivity index (χ4n) is 2.05. The van der Waals surface area contributed by atoms with E-state index in [2.05, 4.69) is 0 Å². The highest BCUT2D eigenvalue weighted by Gasteiger charge is 2.19. The van der Waals surface area contributed by atoms with E-state index in [0.717, 1.165) is 6.42 Å². The highest BCUT2D eigenvalue weighted by atomic mass is 16.5. The lowest BCUT2D eigenvalue weighted by molar-refractivity contribution is 0.0764. The second-order valence-electron chi connectivity index (χ2n) is 4.50. The van der Waals surface area contributed by atoms with E-state index in [9.17, 15) is 15.0 Å². The molecular formula is C14H17NO4. The van der Waals surface area contributed by atoms with E-state index < -0.39 is 0 Å². The Bertz CT molecular complexity index is 510. The second-order valence-corrected chi connectivity index (χ2v) is 4.50. The molecule has 0 saturated carbocycles. The van der Waals surface area contributed by atoms with Crippen LogP contribution in [0.5, 0.6) is 11.5 Å². The van der Waals surface area contributed by atoms with Gasteiger partial charge in [-0.1, -0.05) is 6.08 Å². The molecule has 5 nitrogen and oxygen atoms in total. The Labute approximate surface area is 111 Å². The standard InChI is InChI=1S/C14H17NO4/c1-19-9-10-4-6-15(7-5-10)14(18)11-2-3-12(16)13(17)8-11/h2-4,8,16-17H,5-7,9H2,1H3. The monoisotopic (exact) mass is 263 g/mol. The van der Waals surface area contributed by atoms with Crippen molar-refractivity contribution in [1.29, 1.82) is 0 Å². The Kier molecular flexibility index (Phi) is 4.06. The van der Waals surface area contributed by atoms with Gasteiger partial charge in [-0.25, -0.2) is 0 Å². The first-order valence-corrected chi connectivity index (χ1v) is 6.10. The molecule has 0 fully saturated rings. The summed E-state index contributed by atoms with van der Waals surface area (Å²) in [7, 11) is 1.65. The summed E-state index contributed by atoms with van der Waals surface area (Å²) in [6, 6.07) is 4.11. The zero-order chi connectivity index (χ0) is 13.8. The predicted molar refractivity (Wildman–Crippen MR) is 70.3 cm³/mol. The van der Waals surface area contributed by atoms with Crippen LogP contribution in [-0.2, 0) is 4.74 Å². The van der Waals surface area contributed by atoms with Crippen LogP contribution in [-0.4, -0.2) is 47.8 Å². The maximum absolute atomic E-state index is 12.2. The maximum atomic E-state index is 12.2. The Balaban J connectivity index is 2.07. The number of carbonyl (C=O) groups excluding carboxylic acids is 1. The molecule has 1 aliphatic heterocycles. The third-order valence-electron chi connectivity index (χ3n) is 3.14. The molecule has 0 radical (unpaired) electrons. The quantitative estimate of drug-likeness (QED) is 0.640. The smallest absolute Gasteiger partial charge is 0.254 e. The number of amides is 1. The summed E-state index contributed by atoms with van der Waals surface area (Å²) < 4.78 is 5.06. The highest BCUT2D eigenvalue weighted by Crippen LogP contribution is 2.26. The van der Waals surface area contributed by atoms with Crippen LogP contribution in [0.2, 0.25) is 0 Å². The average Bonchev–Trinajstić information content (AvgIpc) is 2.42. The van der Waals surface area contributed by atoms with Crippen LogP contribution >= 0.6 is 0 Å². The molecule has 0 atom stereocenters. The first-order valence-electron chi connectivity index (χ1n) is 6.10. The number of phenolic OH excluding ortho intramolecular Hbond substituents is 2. The molecule has 0 unspecified atom stereocenters. The number of benzene rings is 1. The number of hydrogen-bond acceptors (Lipinski definition) is 4. The molecule has 0 spiro atoms. The van der Waals surface area contributed by atoms with Gasteiger partial charge in [0, 0.05) is 25.8 Å². The van der Waals surface area contributed by atoms with Crippen LogP contribution in [0.25, 0.3) is 0 Å². The number of carbonyl (C=O) groups is 1. The zero-order valence-electron chi connectivity index (χ0n) is 10.8. The molecule has 1 aliphatic rings. The third kappa shape index (κ3) is 3.06. The second kappa shape index (κ2) is 5.75. The van der Waals surface area contributed by atoms with Gasteiger partial charge < -0.3 is 19.8 Å². The number of rotatable bonds is 3. The van der Waals surface area contributed by atoms with Gasteiger partial charge in [-0.15, -0.1) is 0 Å². The Morgan fingerprint density at radius 1 is 1.37 bits per heavy atom. The van der Waals surface area contributed by atoms with Crippen molar-refractivity contribution < 1.29 is 19.7 Å². The van der Waals surface area contributed by atoms with Crippen molar-refractivity contribution in [2.24, 2.45) is 0 Å². The van der Waals surface area contributed by atoms with Crippen molar-refractivity contribution >= 4 is 5.91 Å². The summed E-state index contributed by atoms with van der Waals surface area (Å²) in [6.07, 6.45) is 2.79. The molecule has 1 aromatic rings. The van der Waals surface area contributed by atoms with E-state index in [-0.39, 0.29) is 17.4 Å². The molecule has 0 aromatic heterocycles. The van der Waals surface area contributed by atoms with Crippen molar-refractivity contribution in [3.8, 4) is 11.5 Å². The van der Waals surface area contributed by atoms with Gasteiger partial charge in [-0.05, 0) is 30.2 Å². The van der Waals surface area contributed by atoms with Crippen molar-refractivity contribution in [2.75, 3.05) is 26.8 Å². The van der Waals surface area contributed by atoms with Gasteiger partial charge in [0.2, 0.25) is 0 Å². The van der Waals surface area contributed by atoms with Crippen molar-refractivity contribution in [3.05, 3.63) is 35.4 Å². The predicted octanol–water partition coefficient (Wildman–Crippen LogP) is 1.52. The van der Waals surface area contributed by atoms with E-state index >= 15 is 0 Å². The number of aromatic hydroxyl groups is 2. The van der Waals surface area contributed by atoms with Gasteiger partial charge in [0.15, 0.2) is 11.5 Å². The van der Waals surface area contributed by atoms with Crippen LogP contribution in [0.1, 0.15) is 16.8 Å². The summed E-state index contributed by atoms with van der Waals surface area (Å²) in [6.45, 7) is 1.77. The normalized spacial score (nSPS) is 15.2. The van der Waals surface area contributed by atoms with Crippen LogP contribution in [0, 0.1) is 0 Å². The molecular weight excluding hydrogens is 246 g/mol. The first kappa shape index (κ1) is 13.4. The number of hydrogen-bond donors (Lipinski definition) is 2. The molecule has 5 heteroatoms. The number of nitrogens with zero attached hydrogens (tertiary/aromatic N) is 1. The first-order chi connectivity index (χ1) is 9.11. The Hall–Kier alpha value is -2.01. The highest BCUT2D eigenvalue weighted by molar-refractivity contribution is 5.95. The lowest BCUT2D eigenvalue weighted by atomic mass is 10.1. The summed E-state index contributed by atoms with van der Waals surface area (Å²) in [5.41, 5.74) is 1.57. The minimum absolute atomic E-state index is 0.150.